The Morgan fingerprint density at radius 3 is 2.61 bits per heavy atom. The van der Waals surface area contributed by atoms with Crippen LogP contribution >= 0.6 is 0 Å². The average Bonchev–Trinajstić information content (AvgIpc) is 2.34. The van der Waals surface area contributed by atoms with Gasteiger partial charge in [-0.15, -0.1) is 0 Å². The van der Waals surface area contributed by atoms with Crippen LogP contribution in [0, 0.1) is 0 Å². The van der Waals surface area contributed by atoms with E-state index in [0.29, 0.717) is 0 Å². The van der Waals surface area contributed by atoms with Gasteiger partial charge in [-0.25, -0.2) is 4.68 Å². The lowest BCUT2D eigenvalue weighted by Crippen LogP contribution is -2.30. The van der Waals surface area contributed by atoms with Crippen LogP contribution in [0.15, 0.2) is 17.1 Å². The van der Waals surface area contributed by atoms with Crippen LogP contribution in [0.5, 0.6) is 0 Å². The highest BCUT2D eigenvalue weighted by Crippen LogP contribution is 2.07. The number of hydrogen-bond acceptors (Lipinski definition) is 5. The number of carbonyl (C=O) groups is 1. The molecule has 18 heavy (non-hydrogen) atoms. The molecule has 0 radical (unpaired) electrons. The number of carbonyl (C=O) groups excluding carboxylic acids is 1. The maximum Gasteiger partial charge on any atom is 0.269 e. The van der Waals surface area contributed by atoms with Crippen molar-refractivity contribution in [3.8, 4) is 0 Å². The van der Waals surface area contributed by atoms with E-state index in [2.05, 4.69) is 5.10 Å². The van der Waals surface area contributed by atoms with Crippen LogP contribution in [0.4, 0.5) is 5.69 Å². The number of anilines is 1. The third kappa shape index (κ3) is 3.66. The predicted molar refractivity (Wildman–Crippen MR) is 68.9 cm³/mol. The van der Waals surface area contributed by atoms with E-state index in [-0.39, 0.29) is 24.5 Å². The van der Waals surface area contributed by atoms with Crippen LogP contribution in [0.2, 0.25) is 0 Å². The van der Waals surface area contributed by atoms with Gasteiger partial charge in [-0.05, 0) is 13.8 Å². The largest absolute Gasteiger partial charge is 0.377 e. The zero-order valence-corrected chi connectivity index (χ0v) is 11.0. The average molecular weight is 253 g/mol. The van der Waals surface area contributed by atoms with Gasteiger partial charge >= 0.3 is 0 Å². The fraction of sp³-hybridized carbons (Fsp3) is 0.583. The van der Waals surface area contributed by atoms with Crippen molar-refractivity contribution in [1.82, 2.24) is 9.78 Å². The zero-order valence-electron chi connectivity index (χ0n) is 11.0. The first-order valence-corrected chi connectivity index (χ1v) is 5.95. The number of methoxy groups -OCH3 is 1. The maximum atomic E-state index is 11.8. The molecule has 0 saturated carbocycles. The Kier molecular flexibility index (Phi) is 5.51. The van der Waals surface area contributed by atoms with Crippen molar-refractivity contribution in [2.45, 2.75) is 20.4 Å². The molecule has 0 N–H and O–H groups in total. The summed E-state index contributed by atoms with van der Waals surface area (Å²) < 4.78 is 5.86. The Morgan fingerprint density at radius 2 is 2.11 bits per heavy atom. The number of nitrogens with zero attached hydrogens (tertiary/aromatic N) is 3. The molecular formula is C12H19N3O3. The van der Waals surface area contributed by atoms with Gasteiger partial charge in [-0.2, -0.15) is 5.10 Å². The van der Waals surface area contributed by atoms with E-state index in [1.807, 2.05) is 18.7 Å². The van der Waals surface area contributed by atoms with Gasteiger partial charge in [0.25, 0.3) is 5.56 Å². The Labute approximate surface area is 106 Å². The van der Waals surface area contributed by atoms with E-state index in [1.54, 1.807) is 6.20 Å². The van der Waals surface area contributed by atoms with E-state index in [0.717, 1.165) is 23.5 Å². The van der Waals surface area contributed by atoms with Gasteiger partial charge < -0.3 is 9.64 Å². The number of hydrogen-bond donors (Lipinski definition) is 0. The zero-order chi connectivity index (χ0) is 13.5. The fourth-order valence-corrected chi connectivity index (χ4v) is 1.68. The topological polar surface area (TPSA) is 64.4 Å². The van der Waals surface area contributed by atoms with Crippen LogP contribution in [0.25, 0.3) is 0 Å². The summed E-state index contributed by atoms with van der Waals surface area (Å²) in [5.41, 5.74) is 0.504. The SMILES string of the molecule is CCN(CC)c1cnn(CC(=O)COC)c(=O)c1. The molecule has 1 aromatic rings. The molecule has 6 heteroatoms. The Hall–Kier alpha value is -1.69. The molecule has 0 aromatic carbocycles. The molecule has 0 amide bonds. The summed E-state index contributed by atoms with van der Waals surface area (Å²) in [4.78, 5) is 25.2. The van der Waals surface area contributed by atoms with Crippen molar-refractivity contribution in [1.29, 1.82) is 0 Å². The second-order valence-corrected chi connectivity index (χ2v) is 3.85. The van der Waals surface area contributed by atoms with Gasteiger partial charge in [0.2, 0.25) is 0 Å². The molecule has 1 heterocycles. The normalized spacial score (nSPS) is 10.4. The number of ketones is 1. The van der Waals surface area contributed by atoms with Gasteiger partial charge in [-0.3, -0.25) is 9.59 Å². The van der Waals surface area contributed by atoms with E-state index < -0.39 is 0 Å². The summed E-state index contributed by atoms with van der Waals surface area (Å²) in [6, 6.07) is 1.50. The summed E-state index contributed by atoms with van der Waals surface area (Å²) in [7, 11) is 1.44. The van der Waals surface area contributed by atoms with Gasteiger partial charge in [0.15, 0.2) is 5.78 Å². The van der Waals surface area contributed by atoms with Crippen LogP contribution in [0.3, 0.4) is 0 Å². The van der Waals surface area contributed by atoms with Crippen LogP contribution in [-0.2, 0) is 16.1 Å². The lowest BCUT2D eigenvalue weighted by molar-refractivity contribution is -0.123. The van der Waals surface area contributed by atoms with Crippen molar-refractivity contribution in [2.75, 3.05) is 31.7 Å². The summed E-state index contributed by atoms with van der Waals surface area (Å²) in [5, 5.41) is 4.00. The molecule has 0 unspecified atom stereocenters. The van der Waals surface area contributed by atoms with Gasteiger partial charge in [-0.1, -0.05) is 0 Å². The van der Waals surface area contributed by atoms with Crippen molar-refractivity contribution in [2.24, 2.45) is 0 Å². The lowest BCUT2D eigenvalue weighted by atomic mass is 10.3. The molecular weight excluding hydrogens is 234 g/mol. The van der Waals surface area contributed by atoms with Crippen LogP contribution < -0.4 is 10.5 Å². The molecule has 0 fully saturated rings. The first-order valence-electron chi connectivity index (χ1n) is 5.95. The van der Waals surface area contributed by atoms with Crippen LogP contribution in [0.1, 0.15) is 13.8 Å². The standard InChI is InChI=1S/C12H19N3O3/c1-4-14(5-2)10-6-12(17)15(13-7-10)8-11(16)9-18-3/h6-7H,4-5,8-9H2,1-3H3. The molecule has 100 valence electrons. The van der Waals surface area contributed by atoms with E-state index in [1.165, 1.54) is 13.2 Å². The Bertz CT molecular complexity index is 452. The number of rotatable bonds is 7. The number of aromatic nitrogens is 2. The molecule has 0 spiro atoms. The quantitative estimate of drug-likeness (QED) is 0.699. The van der Waals surface area contributed by atoms with Gasteiger partial charge in [0.05, 0.1) is 11.9 Å². The highest BCUT2D eigenvalue weighted by molar-refractivity contribution is 5.79. The smallest absolute Gasteiger partial charge is 0.269 e. The predicted octanol–water partition coefficient (Wildman–Crippen LogP) is 0.305. The Balaban J connectivity index is 2.86. The van der Waals surface area contributed by atoms with Gasteiger partial charge in [0, 0.05) is 26.3 Å². The lowest BCUT2D eigenvalue weighted by Gasteiger charge is -2.20. The van der Waals surface area contributed by atoms with Crippen molar-refractivity contribution < 1.29 is 9.53 Å². The Morgan fingerprint density at radius 1 is 1.44 bits per heavy atom. The molecule has 6 nitrogen and oxygen atoms in total. The van der Waals surface area contributed by atoms with E-state index in [9.17, 15) is 9.59 Å². The van der Waals surface area contributed by atoms with Crippen molar-refractivity contribution in [3.63, 3.8) is 0 Å². The minimum Gasteiger partial charge on any atom is -0.377 e. The second kappa shape index (κ2) is 6.90. The molecule has 0 saturated heterocycles. The molecule has 0 aliphatic carbocycles. The molecule has 0 aliphatic rings. The van der Waals surface area contributed by atoms with E-state index >= 15 is 0 Å². The summed E-state index contributed by atoms with van der Waals surface area (Å²) in [5.74, 6) is -0.178. The highest BCUT2D eigenvalue weighted by Gasteiger charge is 2.08. The molecule has 1 rings (SSSR count). The summed E-state index contributed by atoms with van der Waals surface area (Å²) >= 11 is 0. The third-order valence-corrected chi connectivity index (χ3v) is 2.62. The van der Waals surface area contributed by atoms with E-state index in [4.69, 9.17) is 4.74 Å². The third-order valence-electron chi connectivity index (χ3n) is 2.62. The maximum absolute atomic E-state index is 11.8. The van der Waals surface area contributed by atoms with Crippen LogP contribution in [-0.4, -0.2) is 42.4 Å². The molecule has 0 atom stereocenters. The number of ether oxygens (including phenoxy) is 1. The van der Waals surface area contributed by atoms with Crippen molar-refractivity contribution >= 4 is 11.5 Å². The van der Waals surface area contributed by atoms with Gasteiger partial charge in [0.1, 0.15) is 13.2 Å². The number of Topliss-reactive ketones (excluding diaryl/α,β-unsaturated/α-hetero) is 1. The molecule has 1 aromatic heterocycles. The molecule has 0 aliphatic heterocycles. The minimum absolute atomic E-state index is 0.00802. The second-order valence-electron chi connectivity index (χ2n) is 3.85. The summed E-state index contributed by atoms with van der Waals surface area (Å²) in [6.07, 6.45) is 1.61. The fourth-order valence-electron chi connectivity index (χ4n) is 1.68. The monoisotopic (exact) mass is 253 g/mol. The first kappa shape index (κ1) is 14.4. The first-order chi connectivity index (χ1) is 8.62. The minimum atomic E-state index is -0.274. The van der Waals surface area contributed by atoms with Crippen molar-refractivity contribution in [3.05, 3.63) is 22.6 Å². The molecule has 0 bridgehead atoms. The highest BCUT2D eigenvalue weighted by atomic mass is 16.5. The summed E-state index contributed by atoms with van der Waals surface area (Å²) in [6.45, 7) is 5.58.